The molecule has 3 N–H and O–H groups in total. The van der Waals surface area contributed by atoms with Gasteiger partial charge in [-0.2, -0.15) is 0 Å². The molecule has 1 unspecified atom stereocenters. The van der Waals surface area contributed by atoms with Gasteiger partial charge in [0, 0.05) is 0 Å². The predicted molar refractivity (Wildman–Crippen MR) is 58.6 cm³/mol. The van der Waals surface area contributed by atoms with Crippen LogP contribution in [0, 0.1) is 0 Å². The molecule has 1 rings (SSSR count). The summed E-state index contributed by atoms with van der Waals surface area (Å²) in [7, 11) is 0. The average molecular weight is 220 g/mol. The van der Waals surface area contributed by atoms with Crippen molar-refractivity contribution in [2.75, 3.05) is 0 Å². The number of carboxylic acids is 1. The lowest BCUT2D eigenvalue weighted by molar-refractivity contribution is -0.142. The molecule has 0 aliphatic heterocycles. The van der Waals surface area contributed by atoms with E-state index in [4.69, 9.17) is 10.8 Å². The first-order chi connectivity index (χ1) is 6.02. The molecule has 0 heterocycles. The molecular weight excluding hydrogens is 202 g/mol. The monoisotopic (exact) mass is 219 g/mol. The Labute approximate surface area is 90.8 Å². The lowest BCUT2D eigenvalue weighted by Crippen LogP contribution is -2.45. The Hall–Kier alpha value is -0.540. The Balaban J connectivity index is 0.00000169. The van der Waals surface area contributed by atoms with Crippen molar-refractivity contribution >= 4 is 18.4 Å². The van der Waals surface area contributed by atoms with Crippen LogP contribution in [-0.2, 0) is 4.79 Å². The molecule has 14 heavy (non-hydrogen) atoms. The molecule has 82 valence electrons. The highest BCUT2D eigenvalue weighted by molar-refractivity contribution is 5.85. The summed E-state index contributed by atoms with van der Waals surface area (Å²) in [4.78, 5) is 10.7. The molecule has 4 heteroatoms. The van der Waals surface area contributed by atoms with Gasteiger partial charge in [-0.1, -0.05) is 11.6 Å². The second-order valence-corrected chi connectivity index (χ2v) is 4.01. The zero-order valence-electron chi connectivity index (χ0n) is 8.45. The van der Waals surface area contributed by atoms with Gasteiger partial charge in [-0.3, -0.25) is 4.79 Å². The van der Waals surface area contributed by atoms with E-state index in [1.807, 2.05) is 0 Å². The molecule has 0 fully saturated rings. The van der Waals surface area contributed by atoms with Gasteiger partial charge in [0.15, 0.2) is 0 Å². The highest BCUT2D eigenvalue weighted by Crippen LogP contribution is 2.24. The summed E-state index contributed by atoms with van der Waals surface area (Å²) in [6, 6.07) is 0. The standard InChI is InChI=1S/C10H17NO2.ClH/c1-10(11,9(12)13)7-8-5-3-2-4-6-8;/h5H,2-4,6-7,11H2,1H3,(H,12,13);1H. The van der Waals surface area contributed by atoms with E-state index in [2.05, 4.69) is 6.08 Å². The lowest BCUT2D eigenvalue weighted by Gasteiger charge is -2.22. The van der Waals surface area contributed by atoms with Crippen molar-refractivity contribution in [3.63, 3.8) is 0 Å². The molecule has 0 aromatic heterocycles. The van der Waals surface area contributed by atoms with Gasteiger partial charge in [-0.25, -0.2) is 0 Å². The normalized spacial score (nSPS) is 20.3. The topological polar surface area (TPSA) is 63.3 Å². The maximum absolute atomic E-state index is 10.7. The predicted octanol–water partition coefficient (Wildman–Crippen LogP) is 2.10. The number of carboxylic acid groups (broad SMARTS) is 1. The first-order valence-electron chi connectivity index (χ1n) is 4.72. The van der Waals surface area contributed by atoms with Gasteiger partial charge in [-0.05, 0) is 39.0 Å². The summed E-state index contributed by atoms with van der Waals surface area (Å²) >= 11 is 0. The number of aliphatic carboxylic acids is 1. The molecule has 1 atom stereocenters. The second kappa shape index (κ2) is 5.37. The molecule has 0 spiro atoms. The highest BCUT2D eigenvalue weighted by Gasteiger charge is 2.28. The van der Waals surface area contributed by atoms with Crippen LogP contribution in [0.5, 0.6) is 0 Å². The van der Waals surface area contributed by atoms with Crippen molar-refractivity contribution in [3.05, 3.63) is 11.6 Å². The molecular formula is C10H18ClNO2. The van der Waals surface area contributed by atoms with Crippen LogP contribution in [0.1, 0.15) is 39.0 Å². The van der Waals surface area contributed by atoms with Crippen LogP contribution in [0.25, 0.3) is 0 Å². The maximum Gasteiger partial charge on any atom is 0.323 e. The average Bonchev–Trinajstić information content (AvgIpc) is 2.05. The van der Waals surface area contributed by atoms with Crippen molar-refractivity contribution in [2.24, 2.45) is 5.73 Å². The summed E-state index contributed by atoms with van der Waals surface area (Å²) in [5.74, 6) is -0.918. The second-order valence-electron chi connectivity index (χ2n) is 4.01. The molecule has 1 aliphatic rings. The third-order valence-corrected chi connectivity index (χ3v) is 2.47. The highest BCUT2D eigenvalue weighted by atomic mass is 35.5. The van der Waals surface area contributed by atoms with Gasteiger partial charge in [0.2, 0.25) is 0 Å². The van der Waals surface area contributed by atoms with Gasteiger partial charge < -0.3 is 10.8 Å². The van der Waals surface area contributed by atoms with Crippen LogP contribution < -0.4 is 5.73 Å². The molecule has 0 bridgehead atoms. The van der Waals surface area contributed by atoms with Crippen molar-refractivity contribution in [1.29, 1.82) is 0 Å². The fourth-order valence-corrected chi connectivity index (χ4v) is 1.61. The minimum Gasteiger partial charge on any atom is -0.480 e. The summed E-state index contributed by atoms with van der Waals surface area (Å²) < 4.78 is 0. The first kappa shape index (κ1) is 13.5. The van der Waals surface area contributed by atoms with Gasteiger partial charge >= 0.3 is 5.97 Å². The molecule has 0 saturated heterocycles. The van der Waals surface area contributed by atoms with Crippen LogP contribution >= 0.6 is 12.4 Å². The van der Waals surface area contributed by atoms with Gasteiger partial charge in [0.05, 0.1) is 0 Å². The van der Waals surface area contributed by atoms with Gasteiger partial charge in [-0.15, -0.1) is 12.4 Å². The number of rotatable bonds is 3. The summed E-state index contributed by atoms with van der Waals surface area (Å²) in [6.07, 6.45) is 7.10. The SMILES string of the molecule is CC(N)(CC1=CCCCC1)C(=O)O.Cl. The van der Waals surface area contributed by atoms with Crippen LogP contribution in [0.4, 0.5) is 0 Å². The van der Waals surface area contributed by atoms with Gasteiger partial charge in [0.25, 0.3) is 0 Å². The van der Waals surface area contributed by atoms with Gasteiger partial charge in [0.1, 0.15) is 5.54 Å². The maximum atomic E-state index is 10.7. The Kier molecular flexibility index (Phi) is 5.16. The van der Waals surface area contributed by atoms with Crippen molar-refractivity contribution < 1.29 is 9.90 Å². The fraction of sp³-hybridized carbons (Fsp3) is 0.700. The van der Waals surface area contributed by atoms with Crippen molar-refractivity contribution in [3.8, 4) is 0 Å². The van der Waals surface area contributed by atoms with Crippen LogP contribution in [0.2, 0.25) is 0 Å². The van der Waals surface area contributed by atoms with E-state index in [0.717, 1.165) is 12.8 Å². The largest absolute Gasteiger partial charge is 0.480 e. The minimum absolute atomic E-state index is 0. The number of halogens is 1. The Bertz CT molecular complexity index is 236. The number of nitrogens with two attached hydrogens (primary N) is 1. The van der Waals surface area contributed by atoms with Crippen LogP contribution in [0.15, 0.2) is 11.6 Å². The molecule has 3 nitrogen and oxygen atoms in total. The van der Waals surface area contributed by atoms with Crippen LogP contribution in [0.3, 0.4) is 0 Å². The van der Waals surface area contributed by atoms with E-state index in [1.54, 1.807) is 6.92 Å². The van der Waals surface area contributed by atoms with E-state index in [0.29, 0.717) is 6.42 Å². The lowest BCUT2D eigenvalue weighted by atomic mass is 9.88. The fourth-order valence-electron chi connectivity index (χ4n) is 1.61. The Morgan fingerprint density at radius 1 is 1.64 bits per heavy atom. The minimum atomic E-state index is -1.09. The zero-order valence-corrected chi connectivity index (χ0v) is 9.27. The Morgan fingerprint density at radius 3 is 2.71 bits per heavy atom. The third-order valence-electron chi connectivity index (χ3n) is 2.47. The molecule has 0 aromatic rings. The third kappa shape index (κ3) is 3.68. The van der Waals surface area contributed by atoms with E-state index in [1.165, 1.54) is 18.4 Å². The quantitative estimate of drug-likeness (QED) is 0.715. The molecule has 1 aliphatic carbocycles. The Morgan fingerprint density at radius 2 is 2.29 bits per heavy atom. The first-order valence-corrected chi connectivity index (χ1v) is 4.72. The number of allylic oxidation sites excluding steroid dienone is 1. The number of carbonyl (C=O) groups is 1. The smallest absolute Gasteiger partial charge is 0.323 e. The molecule has 0 radical (unpaired) electrons. The van der Waals surface area contributed by atoms with E-state index >= 15 is 0 Å². The molecule has 0 aromatic carbocycles. The summed E-state index contributed by atoms with van der Waals surface area (Å²) in [5.41, 5.74) is 5.76. The summed E-state index contributed by atoms with van der Waals surface area (Å²) in [5, 5.41) is 8.82. The zero-order chi connectivity index (χ0) is 9.90. The van der Waals surface area contributed by atoms with E-state index in [9.17, 15) is 4.79 Å². The number of hydrogen-bond acceptors (Lipinski definition) is 2. The van der Waals surface area contributed by atoms with E-state index < -0.39 is 11.5 Å². The number of hydrogen-bond donors (Lipinski definition) is 2. The molecule has 0 saturated carbocycles. The van der Waals surface area contributed by atoms with E-state index in [-0.39, 0.29) is 12.4 Å². The van der Waals surface area contributed by atoms with Crippen LogP contribution in [-0.4, -0.2) is 16.6 Å². The van der Waals surface area contributed by atoms with Crippen molar-refractivity contribution in [2.45, 2.75) is 44.6 Å². The van der Waals surface area contributed by atoms with Crippen molar-refractivity contribution in [1.82, 2.24) is 0 Å². The summed E-state index contributed by atoms with van der Waals surface area (Å²) in [6.45, 7) is 1.57. The molecule has 0 amide bonds.